The number of aldehydes is 1. The molecule has 0 fully saturated rings. The number of hydrogen-bond donors (Lipinski definition) is 1. The van der Waals surface area contributed by atoms with Crippen LogP contribution >= 0.6 is 0 Å². The molecule has 1 aromatic rings. The SMILES string of the molecule is CCC(CCNC)CCN(C)C(=O)c1ccc(C=O)cc1. The lowest BCUT2D eigenvalue weighted by molar-refractivity contribution is 0.0785. The third-order valence-corrected chi connectivity index (χ3v) is 3.89. The first kappa shape index (κ1) is 17.4. The van der Waals surface area contributed by atoms with Crippen molar-refractivity contribution in [1.82, 2.24) is 10.2 Å². The van der Waals surface area contributed by atoms with Gasteiger partial charge in [0.15, 0.2) is 0 Å². The summed E-state index contributed by atoms with van der Waals surface area (Å²) in [7, 11) is 3.80. The summed E-state index contributed by atoms with van der Waals surface area (Å²) in [5, 5.41) is 3.17. The molecule has 0 aliphatic rings. The first-order valence-corrected chi connectivity index (χ1v) is 7.57. The summed E-state index contributed by atoms with van der Waals surface area (Å²) >= 11 is 0. The zero-order chi connectivity index (χ0) is 15.7. The second-order valence-corrected chi connectivity index (χ2v) is 5.42. The van der Waals surface area contributed by atoms with Gasteiger partial charge in [0, 0.05) is 24.7 Å². The Balaban J connectivity index is 2.51. The molecule has 1 aromatic carbocycles. The molecule has 0 aromatic heterocycles. The van der Waals surface area contributed by atoms with Crippen LogP contribution in [-0.2, 0) is 0 Å². The smallest absolute Gasteiger partial charge is 0.253 e. The van der Waals surface area contributed by atoms with E-state index in [2.05, 4.69) is 12.2 Å². The Labute approximate surface area is 127 Å². The van der Waals surface area contributed by atoms with Crippen molar-refractivity contribution in [3.8, 4) is 0 Å². The van der Waals surface area contributed by atoms with E-state index in [1.807, 2.05) is 14.1 Å². The largest absolute Gasteiger partial charge is 0.342 e. The number of hydrogen-bond acceptors (Lipinski definition) is 3. The number of rotatable bonds is 9. The number of carbonyl (C=O) groups is 2. The minimum Gasteiger partial charge on any atom is -0.342 e. The van der Waals surface area contributed by atoms with Crippen molar-refractivity contribution in [2.45, 2.75) is 26.2 Å². The highest BCUT2D eigenvalue weighted by Crippen LogP contribution is 2.14. The van der Waals surface area contributed by atoms with Crippen LogP contribution in [0.15, 0.2) is 24.3 Å². The van der Waals surface area contributed by atoms with Gasteiger partial charge in [0.05, 0.1) is 0 Å². The maximum Gasteiger partial charge on any atom is 0.253 e. The van der Waals surface area contributed by atoms with Gasteiger partial charge in [-0.1, -0.05) is 25.5 Å². The molecule has 116 valence electrons. The van der Waals surface area contributed by atoms with Crippen molar-refractivity contribution in [2.75, 3.05) is 27.2 Å². The summed E-state index contributed by atoms with van der Waals surface area (Å²) in [6.45, 7) is 3.97. The quantitative estimate of drug-likeness (QED) is 0.711. The van der Waals surface area contributed by atoms with Crippen LogP contribution in [0.1, 0.15) is 46.9 Å². The van der Waals surface area contributed by atoms with Crippen LogP contribution in [0.3, 0.4) is 0 Å². The number of nitrogens with zero attached hydrogens (tertiary/aromatic N) is 1. The van der Waals surface area contributed by atoms with Crippen molar-refractivity contribution in [3.63, 3.8) is 0 Å². The van der Waals surface area contributed by atoms with Gasteiger partial charge in [0.25, 0.3) is 5.91 Å². The van der Waals surface area contributed by atoms with Crippen molar-refractivity contribution in [1.29, 1.82) is 0 Å². The normalized spacial score (nSPS) is 12.0. The lowest BCUT2D eigenvalue weighted by Gasteiger charge is -2.21. The summed E-state index contributed by atoms with van der Waals surface area (Å²) in [5.41, 5.74) is 1.22. The van der Waals surface area contributed by atoms with E-state index in [0.29, 0.717) is 17.0 Å². The molecule has 4 nitrogen and oxygen atoms in total. The van der Waals surface area contributed by atoms with Gasteiger partial charge in [0.1, 0.15) is 6.29 Å². The summed E-state index contributed by atoms with van der Waals surface area (Å²) in [6, 6.07) is 6.77. The number of amides is 1. The van der Waals surface area contributed by atoms with Gasteiger partial charge in [-0.3, -0.25) is 9.59 Å². The summed E-state index contributed by atoms with van der Waals surface area (Å²) in [4.78, 5) is 24.7. The van der Waals surface area contributed by atoms with Gasteiger partial charge in [-0.2, -0.15) is 0 Å². The molecule has 0 saturated carbocycles. The Bertz CT molecular complexity index is 443. The highest BCUT2D eigenvalue weighted by atomic mass is 16.2. The van der Waals surface area contributed by atoms with Crippen LogP contribution in [0.25, 0.3) is 0 Å². The number of nitrogens with one attached hydrogen (secondary N) is 1. The first-order chi connectivity index (χ1) is 10.1. The van der Waals surface area contributed by atoms with Crippen LogP contribution in [-0.4, -0.2) is 44.3 Å². The second-order valence-electron chi connectivity index (χ2n) is 5.42. The molecule has 1 atom stereocenters. The van der Waals surface area contributed by atoms with E-state index in [0.717, 1.165) is 38.6 Å². The molecular formula is C17H26N2O2. The van der Waals surface area contributed by atoms with Crippen molar-refractivity contribution in [3.05, 3.63) is 35.4 Å². The van der Waals surface area contributed by atoms with E-state index in [1.165, 1.54) is 0 Å². The van der Waals surface area contributed by atoms with E-state index in [4.69, 9.17) is 0 Å². The fraction of sp³-hybridized carbons (Fsp3) is 0.529. The van der Waals surface area contributed by atoms with Crippen molar-refractivity contribution in [2.24, 2.45) is 5.92 Å². The zero-order valence-electron chi connectivity index (χ0n) is 13.3. The van der Waals surface area contributed by atoms with Crippen molar-refractivity contribution < 1.29 is 9.59 Å². The molecule has 1 amide bonds. The highest BCUT2D eigenvalue weighted by molar-refractivity contribution is 5.94. The first-order valence-electron chi connectivity index (χ1n) is 7.57. The molecule has 0 aliphatic heterocycles. The third kappa shape index (κ3) is 5.68. The molecule has 4 heteroatoms. The summed E-state index contributed by atoms with van der Waals surface area (Å²) in [5.74, 6) is 0.654. The molecule has 1 unspecified atom stereocenters. The molecule has 1 rings (SSSR count). The van der Waals surface area contributed by atoms with Gasteiger partial charge in [-0.15, -0.1) is 0 Å². The Kier molecular flexibility index (Phi) is 7.69. The molecule has 0 heterocycles. The van der Waals surface area contributed by atoms with E-state index >= 15 is 0 Å². The van der Waals surface area contributed by atoms with E-state index in [1.54, 1.807) is 29.2 Å². The molecule has 0 aliphatic carbocycles. The molecule has 1 N–H and O–H groups in total. The minimum absolute atomic E-state index is 0.0101. The summed E-state index contributed by atoms with van der Waals surface area (Å²) in [6.07, 6.45) is 4.08. The lowest BCUT2D eigenvalue weighted by atomic mass is 9.98. The van der Waals surface area contributed by atoms with E-state index < -0.39 is 0 Å². The molecule has 0 saturated heterocycles. The van der Waals surface area contributed by atoms with Gasteiger partial charge >= 0.3 is 0 Å². The van der Waals surface area contributed by atoms with Gasteiger partial charge < -0.3 is 10.2 Å². The zero-order valence-corrected chi connectivity index (χ0v) is 13.3. The average molecular weight is 290 g/mol. The fourth-order valence-electron chi connectivity index (χ4n) is 2.30. The predicted molar refractivity (Wildman–Crippen MR) is 85.7 cm³/mol. The Morgan fingerprint density at radius 1 is 1.29 bits per heavy atom. The highest BCUT2D eigenvalue weighted by Gasteiger charge is 2.13. The fourth-order valence-corrected chi connectivity index (χ4v) is 2.30. The van der Waals surface area contributed by atoms with Gasteiger partial charge in [-0.25, -0.2) is 0 Å². The van der Waals surface area contributed by atoms with Crippen LogP contribution < -0.4 is 5.32 Å². The van der Waals surface area contributed by atoms with Crippen LogP contribution in [0.4, 0.5) is 0 Å². The van der Waals surface area contributed by atoms with Crippen molar-refractivity contribution >= 4 is 12.2 Å². The van der Waals surface area contributed by atoms with Gasteiger partial charge in [0.2, 0.25) is 0 Å². The predicted octanol–water partition coefficient (Wildman–Crippen LogP) is 2.60. The molecule has 21 heavy (non-hydrogen) atoms. The average Bonchev–Trinajstić information content (AvgIpc) is 2.54. The van der Waals surface area contributed by atoms with E-state index in [9.17, 15) is 9.59 Å². The Morgan fingerprint density at radius 3 is 2.48 bits per heavy atom. The topological polar surface area (TPSA) is 49.4 Å². The third-order valence-electron chi connectivity index (χ3n) is 3.89. The Morgan fingerprint density at radius 2 is 1.95 bits per heavy atom. The standard InChI is InChI=1S/C17H26N2O2/c1-4-14(9-11-18-2)10-12-19(3)17(21)16-7-5-15(13-20)6-8-16/h5-8,13-14,18H,4,9-12H2,1-3H3. The van der Waals surface area contributed by atoms with Gasteiger partial charge in [-0.05, 0) is 44.5 Å². The lowest BCUT2D eigenvalue weighted by Crippen LogP contribution is -2.29. The molecule has 0 bridgehead atoms. The number of benzene rings is 1. The van der Waals surface area contributed by atoms with Crippen LogP contribution in [0, 0.1) is 5.92 Å². The van der Waals surface area contributed by atoms with E-state index in [-0.39, 0.29) is 5.91 Å². The molecular weight excluding hydrogens is 264 g/mol. The molecule has 0 spiro atoms. The monoisotopic (exact) mass is 290 g/mol. The molecule has 0 radical (unpaired) electrons. The maximum atomic E-state index is 12.3. The number of carbonyl (C=O) groups excluding carboxylic acids is 2. The second kappa shape index (κ2) is 9.29. The maximum absolute atomic E-state index is 12.3. The van der Waals surface area contributed by atoms with Crippen LogP contribution in [0.2, 0.25) is 0 Å². The van der Waals surface area contributed by atoms with Crippen LogP contribution in [0.5, 0.6) is 0 Å². The Hall–Kier alpha value is -1.68. The summed E-state index contributed by atoms with van der Waals surface area (Å²) < 4.78 is 0. The minimum atomic E-state index is 0.0101.